The second-order valence-electron chi connectivity index (χ2n) is 7.61. The number of nitrogens with zero attached hydrogens (tertiary/aromatic N) is 2. The third kappa shape index (κ3) is 8.42. The van der Waals surface area contributed by atoms with Crippen molar-refractivity contribution in [2.24, 2.45) is 10.7 Å². The number of primary amides is 1. The molecule has 36 heavy (non-hydrogen) atoms. The summed E-state index contributed by atoms with van der Waals surface area (Å²) in [6.07, 6.45) is -2.86. The molecule has 2 amide bonds. The Morgan fingerprint density at radius 2 is 1.89 bits per heavy atom. The molecule has 3 rings (SSSR count). The molecule has 13 heteroatoms. The summed E-state index contributed by atoms with van der Waals surface area (Å²) in [7, 11) is 0. The van der Waals surface area contributed by atoms with Crippen LogP contribution in [-0.2, 0) is 9.59 Å². The van der Waals surface area contributed by atoms with Crippen molar-refractivity contribution in [3.05, 3.63) is 70.5 Å². The maximum Gasteiger partial charge on any atom is 0.433 e. The molecule has 1 atom stereocenters. The van der Waals surface area contributed by atoms with Gasteiger partial charge in [0, 0.05) is 36.1 Å². The molecular formula is C23H23Cl2F4N5O2. The number of nitrogens with one attached hydrogen (secondary N) is 1. The van der Waals surface area contributed by atoms with E-state index in [0.29, 0.717) is 30.2 Å². The molecule has 7 nitrogen and oxygen atoms in total. The molecule has 1 saturated heterocycles. The maximum absolute atomic E-state index is 13.2. The minimum atomic E-state index is -4.78. The summed E-state index contributed by atoms with van der Waals surface area (Å²) in [5.41, 5.74) is 9.44. The van der Waals surface area contributed by atoms with Gasteiger partial charge in [-0.1, -0.05) is 29.8 Å². The lowest BCUT2D eigenvalue weighted by Gasteiger charge is -2.18. The van der Waals surface area contributed by atoms with E-state index in [1.165, 1.54) is 42.5 Å². The number of nitrogens with two attached hydrogens (primary N) is 2. The van der Waals surface area contributed by atoms with E-state index in [0.717, 1.165) is 0 Å². The van der Waals surface area contributed by atoms with Crippen LogP contribution in [0.2, 0.25) is 10.0 Å². The number of hydrogen-bond acceptors (Lipinski definition) is 5. The Morgan fingerprint density at radius 3 is 2.42 bits per heavy atom. The average molecular weight is 548 g/mol. The Kier molecular flexibility index (Phi) is 10.1. The van der Waals surface area contributed by atoms with Gasteiger partial charge in [0.15, 0.2) is 0 Å². The molecular weight excluding hydrogens is 525 g/mol. The highest BCUT2D eigenvalue weighted by Gasteiger charge is 2.37. The number of aliphatic imine (C=N–C) groups is 1. The lowest BCUT2D eigenvalue weighted by Crippen LogP contribution is -2.30. The van der Waals surface area contributed by atoms with Gasteiger partial charge in [-0.25, -0.2) is 4.39 Å². The molecule has 0 spiro atoms. The molecule has 0 bridgehead atoms. The van der Waals surface area contributed by atoms with Gasteiger partial charge in [-0.2, -0.15) is 13.2 Å². The van der Waals surface area contributed by atoms with E-state index in [1.807, 2.05) is 0 Å². The van der Waals surface area contributed by atoms with E-state index in [-0.39, 0.29) is 34.0 Å². The second kappa shape index (κ2) is 12.6. The standard InChI is InChI=1S/C17H20F3N5O2.C6H3Cl2F/c1-2-15(27)25-6-5-11(9-25)24-10-3-4-12(13(21)7-10)16(17(18,19)20)23-8-14(22)26;7-5-2-1-4(9)3-6(5)8/h2-4,7,11,24H,1,5-6,8-9,21H2,(H2,22,26);1-3H. The van der Waals surface area contributed by atoms with Crippen LogP contribution in [0.3, 0.4) is 0 Å². The third-order valence-corrected chi connectivity index (χ3v) is 5.63. The Labute approximate surface area is 214 Å². The summed E-state index contributed by atoms with van der Waals surface area (Å²) < 4.78 is 51.9. The fraction of sp³-hybridized carbons (Fsp3) is 0.261. The molecule has 1 heterocycles. The number of hydrogen-bond donors (Lipinski definition) is 3. The number of rotatable bonds is 6. The lowest BCUT2D eigenvalue weighted by atomic mass is 10.1. The van der Waals surface area contributed by atoms with E-state index in [4.69, 9.17) is 34.7 Å². The third-order valence-electron chi connectivity index (χ3n) is 4.90. The number of amides is 2. The van der Waals surface area contributed by atoms with Crippen molar-refractivity contribution in [2.75, 3.05) is 30.7 Å². The van der Waals surface area contributed by atoms with E-state index < -0.39 is 24.3 Å². The van der Waals surface area contributed by atoms with Gasteiger partial charge < -0.3 is 21.7 Å². The topological polar surface area (TPSA) is 114 Å². The highest BCUT2D eigenvalue weighted by Crippen LogP contribution is 2.28. The molecule has 0 saturated carbocycles. The van der Waals surface area contributed by atoms with Gasteiger partial charge >= 0.3 is 6.18 Å². The largest absolute Gasteiger partial charge is 0.433 e. The van der Waals surface area contributed by atoms with Crippen LogP contribution in [0.25, 0.3) is 0 Å². The van der Waals surface area contributed by atoms with Crippen molar-refractivity contribution in [2.45, 2.75) is 18.6 Å². The zero-order valence-electron chi connectivity index (χ0n) is 18.8. The Morgan fingerprint density at radius 1 is 1.19 bits per heavy atom. The molecule has 0 aromatic heterocycles. The first-order chi connectivity index (χ1) is 16.8. The van der Waals surface area contributed by atoms with Crippen molar-refractivity contribution in [3.8, 4) is 0 Å². The molecule has 0 aliphatic carbocycles. The summed E-state index contributed by atoms with van der Waals surface area (Å²) in [4.78, 5) is 27.2. The van der Waals surface area contributed by atoms with E-state index in [1.54, 1.807) is 4.90 Å². The monoisotopic (exact) mass is 547 g/mol. The Bertz CT molecular complexity index is 1160. The van der Waals surface area contributed by atoms with Crippen LogP contribution in [0.15, 0.2) is 54.0 Å². The first-order valence-electron chi connectivity index (χ1n) is 10.4. The zero-order chi connectivity index (χ0) is 27.0. The van der Waals surface area contributed by atoms with Crippen LogP contribution in [-0.4, -0.2) is 54.3 Å². The van der Waals surface area contributed by atoms with Crippen LogP contribution in [0.4, 0.5) is 28.9 Å². The average Bonchev–Trinajstić information content (AvgIpc) is 3.25. The first kappa shape index (κ1) is 28.9. The highest BCUT2D eigenvalue weighted by molar-refractivity contribution is 6.41. The van der Waals surface area contributed by atoms with Crippen molar-refractivity contribution in [1.29, 1.82) is 0 Å². The minimum Gasteiger partial charge on any atom is -0.398 e. The molecule has 1 fully saturated rings. The molecule has 2 aromatic rings. The molecule has 1 unspecified atom stereocenters. The van der Waals surface area contributed by atoms with Gasteiger partial charge in [0.05, 0.1) is 10.0 Å². The van der Waals surface area contributed by atoms with Crippen molar-refractivity contribution in [1.82, 2.24) is 4.90 Å². The predicted octanol–water partition coefficient (Wildman–Crippen LogP) is 4.44. The number of alkyl halides is 3. The van der Waals surface area contributed by atoms with Crippen molar-refractivity contribution < 1.29 is 27.2 Å². The first-order valence-corrected chi connectivity index (χ1v) is 11.2. The highest BCUT2D eigenvalue weighted by atomic mass is 35.5. The maximum atomic E-state index is 13.2. The van der Waals surface area contributed by atoms with Crippen LogP contribution in [0.5, 0.6) is 0 Å². The van der Waals surface area contributed by atoms with E-state index in [2.05, 4.69) is 16.9 Å². The number of benzene rings is 2. The Hall–Kier alpha value is -3.31. The number of carbonyl (C=O) groups is 2. The van der Waals surface area contributed by atoms with Crippen LogP contribution in [0.1, 0.15) is 12.0 Å². The van der Waals surface area contributed by atoms with Gasteiger partial charge in [0.25, 0.3) is 0 Å². The number of halogens is 6. The molecule has 1 aliphatic heterocycles. The Balaban J connectivity index is 0.000000425. The van der Waals surface area contributed by atoms with E-state index >= 15 is 0 Å². The van der Waals surface area contributed by atoms with Crippen molar-refractivity contribution >= 4 is 52.1 Å². The lowest BCUT2D eigenvalue weighted by molar-refractivity contribution is -0.125. The van der Waals surface area contributed by atoms with Crippen LogP contribution < -0.4 is 16.8 Å². The van der Waals surface area contributed by atoms with E-state index in [9.17, 15) is 27.2 Å². The normalized spacial score (nSPS) is 15.7. The summed E-state index contributed by atoms with van der Waals surface area (Å²) >= 11 is 10.9. The second-order valence-corrected chi connectivity index (χ2v) is 8.42. The van der Waals surface area contributed by atoms with Gasteiger partial charge in [-0.05, 0) is 48.9 Å². The molecule has 194 valence electrons. The number of anilines is 2. The SMILES string of the molecule is C=CC(=O)N1CCC(Nc2ccc(C(=NCC(N)=O)C(F)(F)F)c(N)c2)C1.Fc1ccc(Cl)c(Cl)c1. The minimum absolute atomic E-state index is 0.0511. The van der Waals surface area contributed by atoms with Gasteiger partial charge in [-0.15, -0.1) is 0 Å². The molecule has 2 aromatic carbocycles. The van der Waals surface area contributed by atoms with Crippen molar-refractivity contribution in [3.63, 3.8) is 0 Å². The van der Waals surface area contributed by atoms with Crippen LogP contribution >= 0.6 is 23.2 Å². The van der Waals surface area contributed by atoms with Gasteiger partial charge in [-0.3, -0.25) is 14.6 Å². The summed E-state index contributed by atoms with van der Waals surface area (Å²) in [5.74, 6) is -1.52. The number of nitrogen functional groups attached to an aromatic ring is 1. The predicted molar refractivity (Wildman–Crippen MR) is 133 cm³/mol. The van der Waals surface area contributed by atoms with Gasteiger partial charge in [0.1, 0.15) is 18.1 Å². The number of likely N-dealkylation sites (tertiary alicyclic amines) is 1. The molecule has 1 aliphatic rings. The smallest absolute Gasteiger partial charge is 0.398 e. The molecule has 0 radical (unpaired) electrons. The zero-order valence-corrected chi connectivity index (χ0v) is 20.3. The number of carbonyl (C=O) groups excluding carboxylic acids is 2. The fourth-order valence-electron chi connectivity index (χ4n) is 3.27. The van der Waals surface area contributed by atoms with Gasteiger partial charge in [0.2, 0.25) is 11.8 Å². The van der Waals surface area contributed by atoms with Crippen LogP contribution in [0, 0.1) is 5.82 Å². The summed E-state index contributed by atoms with van der Waals surface area (Å²) in [6.45, 7) is 3.67. The summed E-state index contributed by atoms with van der Waals surface area (Å²) in [6, 6.07) is 7.78. The quantitative estimate of drug-likeness (QED) is 0.163. The fourth-order valence-corrected chi connectivity index (χ4v) is 3.55. The molecule has 5 N–H and O–H groups in total. The summed E-state index contributed by atoms with van der Waals surface area (Å²) in [5, 5.41) is 3.76.